The van der Waals surface area contributed by atoms with Gasteiger partial charge >= 0.3 is 6.03 Å². The fraction of sp³-hybridized carbons (Fsp3) is 0.238. The summed E-state index contributed by atoms with van der Waals surface area (Å²) in [5.74, 6) is 0.630. The number of fused-ring (bicyclic) bond motifs is 2. The molecule has 2 atom stereocenters. The average molecular weight is 376 g/mol. The van der Waals surface area contributed by atoms with Crippen LogP contribution in [0.5, 0.6) is 0 Å². The number of hydrogen-bond acceptors (Lipinski definition) is 5. The zero-order chi connectivity index (χ0) is 19.5. The molecule has 144 valence electrons. The molecule has 0 radical (unpaired) electrons. The van der Waals surface area contributed by atoms with Gasteiger partial charge in [0.05, 0.1) is 12.1 Å². The maximum atomic E-state index is 12.5. The van der Waals surface area contributed by atoms with Crippen molar-refractivity contribution in [3.8, 4) is 0 Å². The molecule has 0 spiro atoms. The summed E-state index contributed by atoms with van der Waals surface area (Å²) in [5, 5.41) is 20.0. The molecule has 0 bridgehead atoms. The second-order valence-corrected chi connectivity index (χ2v) is 7.02. The summed E-state index contributed by atoms with van der Waals surface area (Å²) in [6, 6.07) is 7.94. The van der Waals surface area contributed by atoms with Crippen molar-refractivity contribution in [2.24, 2.45) is 5.73 Å². The van der Waals surface area contributed by atoms with Crippen LogP contribution < -0.4 is 27.0 Å². The number of rotatable bonds is 4. The fourth-order valence-corrected chi connectivity index (χ4v) is 3.88. The van der Waals surface area contributed by atoms with Gasteiger partial charge in [0.1, 0.15) is 5.82 Å². The lowest BCUT2D eigenvalue weighted by Crippen LogP contribution is -2.47. The second-order valence-electron chi connectivity index (χ2n) is 7.02. The molecule has 2 aliphatic heterocycles. The Morgan fingerprint density at radius 2 is 2.14 bits per heavy atom. The van der Waals surface area contributed by atoms with Crippen LogP contribution >= 0.6 is 0 Å². The first-order valence-electron chi connectivity index (χ1n) is 9.39. The zero-order valence-electron chi connectivity index (χ0n) is 15.5. The molecular formula is C21H24N6O. The number of nitrogens with two attached hydrogens (primary N) is 1. The highest BCUT2D eigenvalue weighted by molar-refractivity contribution is 5.82. The van der Waals surface area contributed by atoms with Crippen molar-refractivity contribution >= 4 is 12.2 Å². The molecule has 7 N–H and O–H groups in total. The van der Waals surface area contributed by atoms with Crippen molar-refractivity contribution in [3.63, 3.8) is 0 Å². The number of urea groups is 1. The first-order chi connectivity index (χ1) is 13.7. The van der Waals surface area contributed by atoms with Crippen LogP contribution in [0.2, 0.25) is 0 Å². The smallest absolute Gasteiger partial charge is 0.320 e. The number of nitrogens with one attached hydrogen (secondary N) is 5. The van der Waals surface area contributed by atoms with Gasteiger partial charge in [0.15, 0.2) is 0 Å². The number of carbonyl (C=O) groups is 1. The predicted molar refractivity (Wildman–Crippen MR) is 109 cm³/mol. The van der Waals surface area contributed by atoms with Gasteiger partial charge in [-0.25, -0.2) is 4.79 Å². The van der Waals surface area contributed by atoms with Gasteiger partial charge in [0, 0.05) is 30.2 Å². The van der Waals surface area contributed by atoms with Gasteiger partial charge in [-0.2, -0.15) is 0 Å². The first-order valence-corrected chi connectivity index (χ1v) is 9.39. The summed E-state index contributed by atoms with van der Waals surface area (Å²) in [7, 11) is 0. The lowest BCUT2D eigenvalue weighted by molar-refractivity contribution is 0.238. The molecule has 0 saturated heterocycles. The molecule has 4 rings (SSSR count). The molecular weight excluding hydrogens is 352 g/mol. The zero-order valence-corrected chi connectivity index (χ0v) is 15.5. The number of allylic oxidation sites excluding steroid dienone is 2. The average Bonchev–Trinajstić information content (AvgIpc) is 3.11. The molecule has 1 aliphatic carbocycles. The molecule has 28 heavy (non-hydrogen) atoms. The van der Waals surface area contributed by atoms with E-state index in [0.29, 0.717) is 17.9 Å². The molecule has 0 fully saturated rings. The van der Waals surface area contributed by atoms with Crippen LogP contribution in [0.15, 0.2) is 71.4 Å². The Balaban J connectivity index is 1.40. The number of hydrogen-bond donors (Lipinski definition) is 6. The SMILES string of the molecule is N=C/C(=C\N)C1=CC2NC(NC(=O)N[C@H]3CCc4ccccc43)=CC=C2NC1. The monoisotopic (exact) mass is 376 g/mol. The fourth-order valence-electron chi connectivity index (χ4n) is 3.88. The van der Waals surface area contributed by atoms with E-state index in [1.165, 1.54) is 23.5 Å². The highest BCUT2D eigenvalue weighted by Gasteiger charge is 2.25. The standard InChI is InChI=1S/C21H24N6O/c22-10-15(11-23)14-9-19-18(24-12-14)7-8-20(25-19)27-21(28)26-17-6-5-13-3-1-2-4-16(13)17/h1-4,7-11,17,19,22,24-25H,5-6,12,23H2,(H2,26,27,28)/b15-11+,22-10?/t17-,19?/m0/s1. The van der Waals surface area contributed by atoms with Gasteiger partial charge in [-0.3, -0.25) is 5.32 Å². The third-order valence-electron chi connectivity index (χ3n) is 5.32. The Labute approximate surface area is 164 Å². The minimum Gasteiger partial charge on any atom is -0.404 e. The second kappa shape index (κ2) is 7.64. The van der Waals surface area contributed by atoms with Crippen LogP contribution in [-0.2, 0) is 6.42 Å². The summed E-state index contributed by atoms with van der Waals surface area (Å²) in [4.78, 5) is 12.5. The van der Waals surface area contributed by atoms with Crippen LogP contribution in [0.4, 0.5) is 4.79 Å². The molecule has 7 nitrogen and oxygen atoms in total. The number of carbonyl (C=O) groups excluding carboxylic acids is 1. The Hall–Kier alpha value is -3.48. The molecule has 2 amide bonds. The van der Waals surface area contributed by atoms with Gasteiger partial charge in [-0.15, -0.1) is 0 Å². The summed E-state index contributed by atoms with van der Waals surface area (Å²) < 4.78 is 0. The molecule has 1 aromatic carbocycles. The Morgan fingerprint density at radius 1 is 1.29 bits per heavy atom. The molecule has 1 unspecified atom stereocenters. The van der Waals surface area contributed by atoms with Crippen molar-refractivity contribution in [3.05, 3.63) is 82.5 Å². The lowest BCUT2D eigenvalue weighted by atomic mass is 9.97. The van der Waals surface area contributed by atoms with E-state index in [1.807, 2.05) is 30.4 Å². The normalized spacial score (nSPS) is 23.0. The van der Waals surface area contributed by atoms with Crippen LogP contribution in [0, 0.1) is 5.41 Å². The molecule has 1 aromatic rings. The van der Waals surface area contributed by atoms with Crippen LogP contribution in [0.3, 0.4) is 0 Å². The summed E-state index contributed by atoms with van der Waals surface area (Å²) in [6.07, 6.45) is 10.4. The van der Waals surface area contributed by atoms with E-state index in [4.69, 9.17) is 11.1 Å². The van der Waals surface area contributed by atoms with Crippen molar-refractivity contribution in [1.29, 1.82) is 5.41 Å². The maximum absolute atomic E-state index is 12.5. The van der Waals surface area contributed by atoms with E-state index in [9.17, 15) is 4.79 Å². The van der Waals surface area contributed by atoms with Crippen LogP contribution in [0.25, 0.3) is 0 Å². The van der Waals surface area contributed by atoms with Crippen LogP contribution in [0.1, 0.15) is 23.6 Å². The highest BCUT2D eigenvalue weighted by Crippen LogP contribution is 2.30. The number of benzene rings is 1. The van der Waals surface area contributed by atoms with Crippen molar-refractivity contribution < 1.29 is 4.79 Å². The van der Waals surface area contributed by atoms with Gasteiger partial charge in [-0.1, -0.05) is 30.3 Å². The topological polar surface area (TPSA) is 115 Å². The summed E-state index contributed by atoms with van der Waals surface area (Å²) in [5.41, 5.74) is 10.7. The van der Waals surface area contributed by atoms with E-state index in [1.54, 1.807) is 0 Å². The highest BCUT2D eigenvalue weighted by atomic mass is 16.2. The lowest BCUT2D eigenvalue weighted by Gasteiger charge is -2.31. The number of aryl methyl sites for hydroxylation is 1. The Kier molecular flexibility index (Phi) is 4.89. The quantitative estimate of drug-likeness (QED) is 0.449. The van der Waals surface area contributed by atoms with Crippen molar-refractivity contribution in [2.45, 2.75) is 24.9 Å². The van der Waals surface area contributed by atoms with Crippen LogP contribution in [-0.4, -0.2) is 24.8 Å². The molecule has 3 aliphatic rings. The molecule has 0 aromatic heterocycles. The largest absolute Gasteiger partial charge is 0.404 e. The van der Waals surface area contributed by atoms with E-state index in [2.05, 4.69) is 33.4 Å². The van der Waals surface area contributed by atoms with Gasteiger partial charge in [0.2, 0.25) is 0 Å². The number of amides is 2. The first kappa shape index (κ1) is 17.9. The Morgan fingerprint density at radius 3 is 2.96 bits per heavy atom. The van der Waals surface area contributed by atoms with Gasteiger partial charge < -0.3 is 27.1 Å². The van der Waals surface area contributed by atoms with E-state index in [-0.39, 0.29) is 18.1 Å². The minimum atomic E-state index is -0.229. The molecule has 2 heterocycles. The van der Waals surface area contributed by atoms with Gasteiger partial charge in [0.25, 0.3) is 0 Å². The maximum Gasteiger partial charge on any atom is 0.320 e. The molecule has 0 saturated carbocycles. The minimum absolute atomic E-state index is 0.0409. The summed E-state index contributed by atoms with van der Waals surface area (Å²) in [6.45, 7) is 0.612. The third kappa shape index (κ3) is 3.51. The Bertz CT molecular complexity index is 927. The number of dihydropyridines is 1. The molecule has 7 heteroatoms. The van der Waals surface area contributed by atoms with Crippen molar-refractivity contribution in [1.82, 2.24) is 21.3 Å². The third-order valence-corrected chi connectivity index (χ3v) is 5.32. The van der Waals surface area contributed by atoms with E-state index < -0.39 is 0 Å². The predicted octanol–water partition coefficient (Wildman–Crippen LogP) is 1.69. The van der Waals surface area contributed by atoms with E-state index in [0.717, 1.165) is 24.1 Å². The van der Waals surface area contributed by atoms with E-state index >= 15 is 0 Å². The van der Waals surface area contributed by atoms with Crippen molar-refractivity contribution in [2.75, 3.05) is 6.54 Å². The van der Waals surface area contributed by atoms with Gasteiger partial charge in [-0.05, 0) is 41.7 Å². The summed E-state index contributed by atoms with van der Waals surface area (Å²) >= 11 is 0.